The molecule has 5 nitrogen and oxygen atoms in total. The van der Waals surface area contributed by atoms with Gasteiger partial charge in [-0.3, -0.25) is 9.79 Å². The van der Waals surface area contributed by atoms with Crippen molar-refractivity contribution in [3.63, 3.8) is 0 Å². The van der Waals surface area contributed by atoms with Crippen LogP contribution in [0.3, 0.4) is 0 Å². The molecule has 0 aliphatic heterocycles. The lowest BCUT2D eigenvalue weighted by Gasteiger charge is -2.11. The van der Waals surface area contributed by atoms with E-state index < -0.39 is 15.7 Å². The molecule has 1 aliphatic carbocycles. The molecule has 0 saturated heterocycles. The van der Waals surface area contributed by atoms with E-state index in [-0.39, 0.29) is 22.0 Å². The summed E-state index contributed by atoms with van der Waals surface area (Å²) in [6, 6.07) is 6.50. The summed E-state index contributed by atoms with van der Waals surface area (Å²) < 4.78 is 24.1. The standard InChI is InChI=1S/C15H17NO4S/c1-11-5-7-12(8-6-11)21(19,20)10-16-9-13-14(17)3-2-4-15(13)18/h5-9,17H,2-4,10H2,1H3. The second kappa shape index (κ2) is 6.22. The minimum absolute atomic E-state index is 0.0114. The maximum absolute atomic E-state index is 12.1. The molecule has 6 heteroatoms. The maximum Gasteiger partial charge on any atom is 0.198 e. The smallest absolute Gasteiger partial charge is 0.198 e. The van der Waals surface area contributed by atoms with Crippen molar-refractivity contribution < 1.29 is 18.3 Å². The van der Waals surface area contributed by atoms with Gasteiger partial charge in [0.05, 0.1) is 10.5 Å². The molecular formula is C15H17NO4S. The molecule has 0 amide bonds. The highest BCUT2D eigenvalue weighted by molar-refractivity contribution is 7.91. The predicted molar refractivity (Wildman–Crippen MR) is 80.2 cm³/mol. The molecule has 0 saturated carbocycles. The molecule has 0 aromatic heterocycles. The van der Waals surface area contributed by atoms with Crippen LogP contribution < -0.4 is 0 Å². The Bertz CT molecular complexity index is 700. The van der Waals surface area contributed by atoms with Gasteiger partial charge >= 0.3 is 0 Å². The number of nitrogens with zero attached hydrogens (tertiary/aromatic N) is 1. The maximum atomic E-state index is 12.1. The Balaban J connectivity index is 2.13. The third-order valence-corrected chi connectivity index (χ3v) is 4.75. The third-order valence-electron chi connectivity index (χ3n) is 3.27. The number of rotatable bonds is 4. The van der Waals surface area contributed by atoms with Crippen molar-refractivity contribution in [3.8, 4) is 0 Å². The summed E-state index contributed by atoms with van der Waals surface area (Å²) in [7, 11) is -3.53. The van der Waals surface area contributed by atoms with Gasteiger partial charge in [0.1, 0.15) is 11.6 Å². The van der Waals surface area contributed by atoms with Crippen LogP contribution >= 0.6 is 0 Å². The van der Waals surface area contributed by atoms with E-state index in [2.05, 4.69) is 4.99 Å². The topological polar surface area (TPSA) is 83.8 Å². The fourth-order valence-electron chi connectivity index (χ4n) is 2.04. The fraction of sp³-hybridized carbons (Fsp3) is 0.333. The highest BCUT2D eigenvalue weighted by Crippen LogP contribution is 2.19. The zero-order chi connectivity index (χ0) is 15.5. The van der Waals surface area contributed by atoms with Crippen LogP contribution in [0.2, 0.25) is 0 Å². The molecule has 1 aromatic rings. The number of carbonyl (C=O) groups is 1. The van der Waals surface area contributed by atoms with Crippen molar-refractivity contribution in [1.29, 1.82) is 0 Å². The number of aliphatic imine (C=N–C) groups is 1. The van der Waals surface area contributed by atoms with E-state index in [1.54, 1.807) is 12.1 Å². The Labute approximate surface area is 123 Å². The number of ketones is 1. The SMILES string of the molecule is Cc1ccc(S(=O)(=O)CN=CC2=C(O)CCCC2=O)cc1. The van der Waals surface area contributed by atoms with Crippen LogP contribution in [0.1, 0.15) is 24.8 Å². The van der Waals surface area contributed by atoms with Crippen LogP contribution in [0.25, 0.3) is 0 Å². The Kier molecular flexibility index (Phi) is 4.57. The summed E-state index contributed by atoms with van der Waals surface area (Å²) in [6.45, 7) is 1.87. The van der Waals surface area contributed by atoms with Crippen LogP contribution in [0, 0.1) is 6.92 Å². The summed E-state index contributed by atoms with van der Waals surface area (Å²) in [5.41, 5.74) is 1.10. The lowest BCUT2D eigenvalue weighted by molar-refractivity contribution is -0.115. The number of aliphatic hydroxyl groups excluding tert-OH is 1. The number of aryl methyl sites for hydroxylation is 1. The molecule has 1 aliphatic rings. The highest BCUT2D eigenvalue weighted by atomic mass is 32.2. The van der Waals surface area contributed by atoms with Crippen LogP contribution in [0.15, 0.2) is 45.5 Å². The molecule has 0 heterocycles. The molecule has 2 rings (SSSR count). The van der Waals surface area contributed by atoms with Crippen molar-refractivity contribution in [3.05, 3.63) is 41.2 Å². The van der Waals surface area contributed by atoms with E-state index in [1.165, 1.54) is 18.3 Å². The van der Waals surface area contributed by atoms with Crippen LogP contribution in [0.4, 0.5) is 0 Å². The predicted octanol–water partition coefficient (Wildman–Crippen LogP) is 2.36. The van der Waals surface area contributed by atoms with E-state index in [0.29, 0.717) is 19.3 Å². The van der Waals surface area contributed by atoms with Gasteiger partial charge in [-0.1, -0.05) is 17.7 Å². The van der Waals surface area contributed by atoms with Gasteiger partial charge in [-0.2, -0.15) is 0 Å². The Morgan fingerprint density at radius 1 is 1.24 bits per heavy atom. The molecule has 112 valence electrons. The summed E-state index contributed by atoms with van der Waals surface area (Å²) >= 11 is 0. The summed E-state index contributed by atoms with van der Waals surface area (Å²) in [4.78, 5) is 15.6. The van der Waals surface area contributed by atoms with Gasteiger partial charge in [0.2, 0.25) is 0 Å². The Hall–Kier alpha value is -1.95. The molecule has 0 radical (unpaired) electrons. The number of sulfone groups is 1. The highest BCUT2D eigenvalue weighted by Gasteiger charge is 2.19. The number of hydrogen-bond donors (Lipinski definition) is 1. The summed E-state index contributed by atoms with van der Waals surface area (Å²) in [5.74, 6) is -0.655. The lowest BCUT2D eigenvalue weighted by atomic mass is 9.97. The van der Waals surface area contributed by atoms with Crippen molar-refractivity contribution in [2.24, 2.45) is 4.99 Å². The Morgan fingerprint density at radius 3 is 2.52 bits per heavy atom. The van der Waals surface area contributed by atoms with Gasteiger partial charge < -0.3 is 5.11 Å². The minimum atomic E-state index is -3.53. The second-order valence-corrected chi connectivity index (χ2v) is 6.96. The average Bonchev–Trinajstić information content (AvgIpc) is 2.42. The Morgan fingerprint density at radius 2 is 1.90 bits per heavy atom. The molecule has 1 aromatic carbocycles. The summed E-state index contributed by atoms with van der Waals surface area (Å²) in [6.07, 6.45) is 2.57. The van der Waals surface area contributed by atoms with Gasteiger partial charge in [0.25, 0.3) is 0 Å². The van der Waals surface area contributed by atoms with Crippen LogP contribution in [-0.4, -0.2) is 31.4 Å². The first-order valence-corrected chi connectivity index (χ1v) is 8.30. The van der Waals surface area contributed by atoms with Gasteiger partial charge in [-0.25, -0.2) is 8.42 Å². The number of benzene rings is 1. The van der Waals surface area contributed by atoms with Gasteiger partial charge in [0.15, 0.2) is 15.6 Å². The monoisotopic (exact) mass is 307 g/mol. The zero-order valence-corrected chi connectivity index (χ0v) is 12.6. The molecule has 0 fully saturated rings. The number of allylic oxidation sites excluding steroid dienone is 2. The first kappa shape index (κ1) is 15.4. The van der Waals surface area contributed by atoms with E-state index in [0.717, 1.165) is 5.56 Å². The first-order valence-electron chi connectivity index (χ1n) is 6.65. The minimum Gasteiger partial charge on any atom is -0.512 e. The van der Waals surface area contributed by atoms with E-state index in [9.17, 15) is 18.3 Å². The quantitative estimate of drug-likeness (QED) is 0.865. The van der Waals surface area contributed by atoms with Crippen molar-refractivity contribution >= 4 is 21.8 Å². The molecule has 1 N–H and O–H groups in total. The summed E-state index contributed by atoms with van der Waals surface area (Å²) in [5, 5.41) is 9.63. The molecular weight excluding hydrogens is 290 g/mol. The molecule has 0 spiro atoms. The van der Waals surface area contributed by atoms with E-state index >= 15 is 0 Å². The van der Waals surface area contributed by atoms with Gasteiger partial charge in [-0.05, 0) is 25.5 Å². The second-order valence-electron chi connectivity index (χ2n) is 5.01. The number of hydrogen-bond acceptors (Lipinski definition) is 5. The van der Waals surface area contributed by atoms with E-state index in [4.69, 9.17) is 0 Å². The van der Waals surface area contributed by atoms with Crippen molar-refractivity contribution in [2.75, 3.05) is 5.88 Å². The normalized spacial score (nSPS) is 16.7. The fourth-order valence-corrected chi connectivity index (χ4v) is 3.01. The molecule has 0 unspecified atom stereocenters. The molecule has 0 bridgehead atoms. The zero-order valence-electron chi connectivity index (χ0n) is 11.7. The molecule has 0 atom stereocenters. The third kappa shape index (κ3) is 3.78. The lowest BCUT2D eigenvalue weighted by Crippen LogP contribution is -2.13. The van der Waals surface area contributed by atoms with Gasteiger partial charge in [-0.15, -0.1) is 0 Å². The van der Waals surface area contributed by atoms with Crippen LogP contribution in [0.5, 0.6) is 0 Å². The van der Waals surface area contributed by atoms with Gasteiger partial charge in [0, 0.05) is 19.1 Å². The number of aliphatic hydroxyl groups is 1. The van der Waals surface area contributed by atoms with E-state index in [1.807, 2.05) is 6.92 Å². The van der Waals surface area contributed by atoms with Crippen molar-refractivity contribution in [2.45, 2.75) is 31.1 Å². The molecule has 21 heavy (non-hydrogen) atoms. The number of Topliss-reactive ketones (excluding diaryl/α,β-unsaturated/α-hetero) is 1. The first-order chi connectivity index (χ1) is 9.90. The largest absolute Gasteiger partial charge is 0.512 e. The van der Waals surface area contributed by atoms with Crippen molar-refractivity contribution in [1.82, 2.24) is 0 Å². The van der Waals surface area contributed by atoms with Crippen LogP contribution in [-0.2, 0) is 14.6 Å². The number of carbonyl (C=O) groups excluding carboxylic acids is 1. The average molecular weight is 307 g/mol.